The first-order valence-corrected chi connectivity index (χ1v) is 8.54. The second kappa shape index (κ2) is 5.56. The van der Waals surface area contributed by atoms with Crippen LogP contribution in [0, 0.1) is 0 Å². The molecule has 0 spiro atoms. The highest BCUT2D eigenvalue weighted by Crippen LogP contribution is 2.37. The number of aromatic nitrogens is 4. The smallest absolute Gasteiger partial charge is 0.229 e. The summed E-state index contributed by atoms with van der Waals surface area (Å²) in [7, 11) is 0. The Morgan fingerprint density at radius 2 is 1.88 bits per heavy atom. The summed E-state index contributed by atoms with van der Waals surface area (Å²) < 4.78 is 1.71. The number of phenols is 1. The van der Waals surface area contributed by atoms with E-state index in [-0.39, 0.29) is 17.5 Å². The van der Waals surface area contributed by atoms with Gasteiger partial charge in [-0.15, -0.1) is 0 Å². The zero-order valence-corrected chi connectivity index (χ0v) is 13.9. The Morgan fingerprint density at radius 3 is 2.73 bits per heavy atom. The van der Waals surface area contributed by atoms with E-state index < -0.39 is 0 Å². The van der Waals surface area contributed by atoms with E-state index in [1.54, 1.807) is 23.0 Å². The highest BCUT2D eigenvalue weighted by Gasteiger charge is 2.31. The zero-order chi connectivity index (χ0) is 17.7. The summed E-state index contributed by atoms with van der Waals surface area (Å²) in [6.45, 7) is 0. The van der Waals surface area contributed by atoms with Gasteiger partial charge in [-0.3, -0.25) is 4.79 Å². The second-order valence-electron chi connectivity index (χ2n) is 6.58. The molecule has 4 aromatic rings. The van der Waals surface area contributed by atoms with E-state index in [4.69, 9.17) is 0 Å². The fourth-order valence-corrected chi connectivity index (χ4v) is 3.72. The minimum atomic E-state index is -0.0731. The van der Waals surface area contributed by atoms with Gasteiger partial charge in [0.05, 0.1) is 28.5 Å². The summed E-state index contributed by atoms with van der Waals surface area (Å²) in [5, 5.41) is 14.6. The molecular formula is C20H16N4O2. The number of hydrogen-bond acceptors (Lipinski definition) is 4. The van der Waals surface area contributed by atoms with Crippen molar-refractivity contribution in [1.82, 2.24) is 19.7 Å². The van der Waals surface area contributed by atoms with E-state index in [9.17, 15) is 9.90 Å². The standard InChI is InChI=1S/C20H16N4O2/c25-18-8-4-1-5-13(18)12-9-17-14(19(26)10-12)11-21-24(17)20-22-15-6-2-3-7-16(15)23-20/h1-8,11-12,25H,9-10H2,(H,22,23)/t12-/m1/s1. The lowest BCUT2D eigenvalue weighted by molar-refractivity contribution is 0.0963. The number of H-pyrrole nitrogens is 1. The maximum atomic E-state index is 12.6. The molecule has 6 nitrogen and oxygen atoms in total. The van der Waals surface area contributed by atoms with Gasteiger partial charge in [0.25, 0.3) is 0 Å². The lowest BCUT2D eigenvalue weighted by Crippen LogP contribution is -2.20. The van der Waals surface area contributed by atoms with E-state index in [0.29, 0.717) is 24.4 Å². The highest BCUT2D eigenvalue weighted by molar-refractivity contribution is 5.98. The highest BCUT2D eigenvalue weighted by atomic mass is 16.3. The fraction of sp³-hybridized carbons (Fsp3) is 0.150. The molecule has 0 fully saturated rings. The third-order valence-electron chi connectivity index (χ3n) is 4.99. The van der Waals surface area contributed by atoms with Crippen molar-refractivity contribution in [2.75, 3.05) is 0 Å². The molecule has 0 amide bonds. The van der Waals surface area contributed by atoms with Crippen LogP contribution in [0.2, 0.25) is 0 Å². The van der Waals surface area contributed by atoms with Gasteiger partial charge < -0.3 is 10.1 Å². The zero-order valence-electron chi connectivity index (χ0n) is 13.9. The first-order chi connectivity index (χ1) is 12.7. The Morgan fingerprint density at radius 1 is 1.08 bits per heavy atom. The molecule has 1 aliphatic carbocycles. The number of fused-ring (bicyclic) bond motifs is 2. The molecule has 6 heteroatoms. The molecule has 2 N–H and O–H groups in total. The number of rotatable bonds is 2. The summed E-state index contributed by atoms with van der Waals surface area (Å²) in [4.78, 5) is 20.5. The summed E-state index contributed by atoms with van der Waals surface area (Å²) in [6.07, 6.45) is 2.61. The van der Waals surface area contributed by atoms with Crippen LogP contribution < -0.4 is 0 Å². The third kappa shape index (κ3) is 2.23. The first kappa shape index (κ1) is 14.9. The topological polar surface area (TPSA) is 83.8 Å². The third-order valence-corrected chi connectivity index (χ3v) is 4.99. The maximum absolute atomic E-state index is 12.6. The number of phenolic OH excluding ortho intramolecular Hbond substituents is 1. The van der Waals surface area contributed by atoms with Crippen LogP contribution in [0.1, 0.15) is 34.0 Å². The molecule has 0 radical (unpaired) electrons. The number of carbonyl (C=O) groups excluding carboxylic acids is 1. The van der Waals surface area contributed by atoms with Gasteiger partial charge in [-0.25, -0.2) is 9.67 Å². The Hall–Kier alpha value is -3.41. The Bertz CT molecular complexity index is 1110. The average Bonchev–Trinajstić information content (AvgIpc) is 3.25. The van der Waals surface area contributed by atoms with Crippen molar-refractivity contribution in [1.29, 1.82) is 0 Å². The van der Waals surface area contributed by atoms with Gasteiger partial charge in [-0.05, 0) is 30.2 Å². The van der Waals surface area contributed by atoms with Crippen LogP contribution >= 0.6 is 0 Å². The molecule has 0 unspecified atom stereocenters. The second-order valence-corrected chi connectivity index (χ2v) is 6.58. The van der Waals surface area contributed by atoms with Crippen LogP contribution in [0.3, 0.4) is 0 Å². The maximum Gasteiger partial charge on any atom is 0.229 e. The summed E-state index contributed by atoms with van der Waals surface area (Å²) in [5.41, 5.74) is 4.03. The van der Waals surface area contributed by atoms with Gasteiger partial charge in [-0.1, -0.05) is 30.3 Å². The number of para-hydroxylation sites is 3. The monoisotopic (exact) mass is 344 g/mol. The van der Waals surface area contributed by atoms with Gasteiger partial charge in [0, 0.05) is 12.3 Å². The number of ketones is 1. The number of hydrogen-bond donors (Lipinski definition) is 2. The van der Waals surface area contributed by atoms with Crippen LogP contribution in [0.15, 0.2) is 54.7 Å². The van der Waals surface area contributed by atoms with Gasteiger partial charge in [0.1, 0.15) is 5.75 Å². The van der Waals surface area contributed by atoms with Crippen molar-refractivity contribution in [3.63, 3.8) is 0 Å². The first-order valence-electron chi connectivity index (χ1n) is 8.54. The molecule has 2 heterocycles. The molecular weight excluding hydrogens is 328 g/mol. The van der Waals surface area contributed by atoms with Crippen molar-refractivity contribution in [2.45, 2.75) is 18.8 Å². The number of aromatic amines is 1. The van der Waals surface area contributed by atoms with Crippen molar-refractivity contribution in [3.05, 3.63) is 71.5 Å². The molecule has 0 saturated heterocycles. The minimum absolute atomic E-state index is 0.0434. The molecule has 128 valence electrons. The van der Waals surface area contributed by atoms with Crippen LogP contribution in [0.5, 0.6) is 5.75 Å². The van der Waals surface area contributed by atoms with Crippen LogP contribution in [-0.2, 0) is 6.42 Å². The molecule has 0 aliphatic heterocycles. The molecule has 2 aromatic carbocycles. The van der Waals surface area contributed by atoms with Crippen LogP contribution in [0.25, 0.3) is 17.0 Å². The number of benzene rings is 2. The number of Topliss-reactive ketones (excluding diaryl/α,β-unsaturated/α-hetero) is 1. The van der Waals surface area contributed by atoms with Gasteiger partial charge >= 0.3 is 0 Å². The normalized spacial score (nSPS) is 16.8. The number of aromatic hydroxyl groups is 1. The van der Waals surface area contributed by atoms with Crippen molar-refractivity contribution < 1.29 is 9.90 Å². The molecule has 2 aromatic heterocycles. The number of nitrogens with one attached hydrogen (secondary N) is 1. The quantitative estimate of drug-likeness (QED) is 0.584. The molecule has 26 heavy (non-hydrogen) atoms. The Kier molecular flexibility index (Phi) is 3.18. The summed E-state index contributed by atoms with van der Waals surface area (Å²) >= 11 is 0. The molecule has 1 atom stereocenters. The fourth-order valence-electron chi connectivity index (χ4n) is 3.72. The van der Waals surface area contributed by atoms with Crippen molar-refractivity contribution in [2.24, 2.45) is 0 Å². The van der Waals surface area contributed by atoms with E-state index in [0.717, 1.165) is 22.3 Å². The predicted molar refractivity (Wildman–Crippen MR) is 96.7 cm³/mol. The lowest BCUT2D eigenvalue weighted by atomic mass is 9.82. The van der Waals surface area contributed by atoms with Crippen LogP contribution in [0.4, 0.5) is 0 Å². The Labute approximate surface area is 149 Å². The van der Waals surface area contributed by atoms with E-state index >= 15 is 0 Å². The summed E-state index contributed by atoms with van der Waals surface area (Å²) in [5.74, 6) is 0.791. The molecule has 5 rings (SSSR count). The lowest BCUT2D eigenvalue weighted by Gasteiger charge is -2.23. The molecule has 0 saturated carbocycles. The number of nitrogens with zero attached hydrogens (tertiary/aromatic N) is 3. The molecule has 1 aliphatic rings. The minimum Gasteiger partial charge on any atom is -0.508 e. The summed E-state index contributed by atoms with van der Waals surface area (Å²) in [6, 6.07) is 15.0. The number of imidazole rings is 1. The van der Waals surface area contributed by atoms with Crippen molar-refractivity contribution in [3.8, 4) is 11.7 Å². The van der Waals surface area contributed by atoms with E-state index in [1.165, 1.54) is 0 Å². The van der Waals surface area contributed by atoms with E-state index in [2.05, 4.69) is 15.1 Å². The van der Waals surface area contributed by atoms with Gasteiger partial charge in [0.15, 0.2) is 5.78 Å². The Balaban J connectivity index is 1.60. The number of carbonyl (C=O) groups is 1. The van der Waals surface area contributed by atoms with E-state index in [1.807, 2.05) is 36.4 Å². The predicted octanol–water partition coefficient (Wildman–Crippen LogP) is 3.37. The van der Waals surface area contributed by atoms with Crippen LogP contribution in [-0.4, -0.2) is 30.6 Å². The van der Waals surface area contributed by atoms with Crippen molar-refractivity contribution >= 4 is 16.8 Å². The van der Waals surface area contributed by atoms with Gasteiger partial charge in [0.2, 0.25) is 5.95 Å². The SMILES string of the molecule is O=C1C[C@H](c2ccccc2O)Cc2c1cnn2-c1nc2ccccc2[nH]1. The average molecular weight is 344 g/mol. The van der Waals surface area contributed by atoms with Gasteiger partial charge in [-0.2, -0.15) is 5.10 Å². The molecule has 0 bridgehead atoms. The largest absolute Gasteiger partial charge is 0.508 e.